The highest BCUT2D eigenvalue weighted by atomic mass is 16.3. The summed E-state index contributed by atoms with van der Waals surface area (Å²) in [6.45, 7) is 18.2. The van der Waals surface area contributed by atoms with E-state index in [0.717, 1.165) is 50.5 Å². The molecule has 4 heteroatoms. The molecule has 4 N–H and O–H groups in total. The highest BCUT2D eigenvalue weighted by molar-refractivity contribution is 5.39. The summed E-state index contributed by atoms with van der Waals surface area (Å²) in [5.41, 5.74) is -0.385. The predicted molar refractivity (Wildman–Crippen MR) is 135 cm³/mol. The lowest BCUT2D eigenvalue weighted by Gasteiger charge is -2.73. The van der Waals surface area contributed by atoms with Crippen LogP contribution < -0.4 is 0 Å². The van der Waals surface area contributed by atoms with Gasteiger partial charge in [-0.15, -0.1) is 0 Å². The zero-order valence-electron chi connectivity index (χ0n) is 22.9. The molecule has 0 bridgehead atoms. The number of hydrogen-bond donors (Lipinski definition) is 4. The van der Waals surface area contributed by atoms with Crippen molar-refractivity contribution in [3.8, 4) is 0 Å². The van der Waals surface area contributed by atoms with E-state index in [-0.39, 0.29) is 51.3 Å². The van der Waals surface area contributed by atoms with Crippen LogP contribution in [0.3, 0.4) is 0 Å². The van der Waals surface area contributed by atoms with Crippen LogP contribution in [-0.4, -0.2) is 38.7 Å². The number of rotatable bonds is 0. The van der Waals surface area contributed by atoms with Crippen LogP contribution in [0.25, 0.3) is 0 Å². The van der Waals surface area contributed by atoms with Crippen LogP contribution in [0.15, 0.2) is 11.3 Å². The van der Waals surface area contributed by atoms with Crippen LogP contribution in [-0.2, 0) is 0 Å². The third-order valence-electron chi connectivity index (χ3n) is 13.5. The first-order valence-corrected chi connectivity index (χ1v) is 14.0. The smallest absolute Gasteiger partial charge is 0.121 e. The molecule has 0 saturated heterocycles. The summed E-state index contributed by atoms with van der Waals surface area (Å²) in [7, 11) is 0. The molecule has 4 nitrogen and oxygen atoms in total. The highest BCUT2D eigenvalue weighted by Gasteiger charge is 2.73. The predicted octanol–water partition coefficient (Wildman–Crippen LogP) is 5.85. The Balaban J connectivity index is 1.72. The average molecular weight is 475 g/mol. The van der Waals surface area contributed by atoms with Crippen molar-refractivity contribution in [2.24, 2.45) is 56.7 Å². The van der Waals surface area contributed by atoms with Gasteiger partial charge in [0.2, 0.25) is 0 Å². The molecule has 0 heterocycles. The Morgan fingerprint density at radius 1 is 0.794 bits per heavy atom. The van der Waals surface area contributed by atoms with Gasteiger partial charge in [0.15, 0.2) is 0 Å². The molecular formula is C30H50O4. The molecule has 194 valence electrons. The van der Waals surface area contributed by atoms with E-state index in [0.29, 0.717) is 11.8 Å². The van der Waals surface area contributed by atoms with E-state index < -0.39 is 17.6 Å². The largest absolute Gasteiger partial charge is 0.510 e. The highest BCUT2D eigenvalue weighted by Crippen LogP contribution is 2.76. The fourth-order valence-electron chi connectivity index (χ4n) is 11.1. The normalized spacial score (nSPS) is 58.9. The van der Waals surface area contributed by atoms with Gasteiger partial charge in [0.25, 0.3) is 0 Å². The molecule has 0 spiro atoms. The van der Waals surface area contributed by atoms with Crippen LogP contribution in [0.5, 0.6) is 0 Å². The summed E-state index contributed by atoms with van der Waals surface area (Å²) in [5.74, 6) is 1.46. The second kappa shape index (κ2) is 7.25. The minimum Gasteiger partial charge on any atom is -0.510 e. The molecular weight excluding hydrogens is 424 g/mol. The van der Waals surface area contributed by atoms with Gasteiger partial charge in [0, 0.05) is 11.3 Å². The molecule has 0 amide bonds. The molecule has 4 saturated carbocycles. The zero-order chi connectivity index (χ0) is 25.2. The quantitative estimate of drug-likeness (QED) is 0.355. The Labute approximate surface area is 207 Å². The van der Waals surface area contributed by atoms with Crippen LogP contribution in [0.1, 0.15) is 100 Å². The second-order valence-electron chi connectivity index (χ2n) is 15.0. The van der Waals surface area contributed by atoms with Crippen molar-refractivity contribution in [2.75, 3.05) is 0 Å². The molecule has 5 aliphatic carbocycles. The number of hydrogen-bond acceptors (Lipinski definition) is 4. The summed E-state index contributed by atoms with van der Waals surface area (Å²) in [6.07, 6.45) is 4.68. The Hall–Kier alpha value is -0.580. The van der Waals surface area contributed by atoms with Gasteiger partial charge in [-0.2, -0.15) is 0 Å². The van der Waals surface area contributed by atoms with E-state index >= 15 is 0 Å². The van der Waals surface area contributed by atoms with E-state index in [2.05, 4.69) is 55.4 Å². The monoisotopic (exact) mass is 474 g/mol. The SMILES string of the molecule is CC1CCC2(C)CC(O)C3(C)C(=C(O)C(O)C4C5(C)CCC(O)C(C)(C)C5CCC43C)C2C1C. The lowest BCUT2D eigenvalue weighted by Crippen LogP contribution is -2.71. The van der Waals surface area contributed by atoms with Gasteiger partial charge in [0.1, 0.15) is 11.9 Å². The summed E-state index contributed by atoms with van der Waals surface area (Å²) in [4.78, 5) is 0. The van der Waals surface area contributed by atoms with E-state index in [4.69, 9.17) is 0 Å². The molecule has 34 heavy (non-hydrogen) atoms. The Kier molecular flexibility index (Phi) is 5.35. The molecule has 0 aromatic rings. The average Bonchev–Trinajstić information content (AvgIpc) is 2.74. The second-order valence-corrected chi connectivity index (χ2v) is 15.0. The van der Waals surface area contributed by atoms with Crippen molar-refractivity contribution < 1.29 is 20.4 Å². The molecule has 0 aromatic heterocycles. The number of aliphatic hydroxyl groups excluding tert-OH is 4. The lowest BCUT2D eigenvalue weighted by atomic mass is 9.32. The van der Waals surface area contributed by atoms with Crippen LogP contribution >= 0.6 is 0 Å². The molecule has 12 unspecified atom stereocenters. The number of aliphatic hydroxyl groups is 4. The lowest BCUT2D eigenvalue weighted by molar-refractivity contribution is -0.251. The van der Waals surface area contributed by atoms with Gasteiger partial charge in [-0.1, -0.05) is 55.4 Å². The molecule has 5 rings (SSSR count). The van der Waals surface area contributed by atoms with Gasteiger partial charge in [0.05, 0.1) is 12.2 Å². The minimum atomic E-state index is -0.911. The maximum atomic E-state index is 12.0. The fraction of sp³-hybridized carbons (Fsp3) is 0.933. The first-order valence-electron chi connectivity index (χ1n) is 14.0. The molecule has 0 aliphatic heterocycles. The van der Waals surface area contributed by atoms with Crippen molar-refractivity contribution in [1.82, 2.24) is 0 Å². The van der Waals surface area contributed by atoms with Gasteiger partial charge >= 0.3 is 0 Å². The minimum absolute atomic E-state index is 0.0465. The van der Waals surface area contributed by atoms with Crippen molar-refractivity contribution >= 4 is 0 Å². The van der Waals surface area contributed by atoms with Gasteiger partial charge < -0.3 is 20.4 Å². The maximum absolute atomic E-state index is 12.0. The molecule has 4 fully saturated rings. The van der Waals surface area contributed by atoms with Crippen molar-refractivity contribution in [2.45, 2.75) is 119 Å². The van der Waals surface area contributed by atoms with E-state index in [9.17, 15) is 20.4 Å². The fourth-order valence-corrected chi connectivity index (χ4v) is 11.1. The van der Waals surface area contributed by atoms with Crippen LogP contribution in [0, 0.1) is 56.7 Å². The van der Waals surface area contributed by atoms with Crippen molar-refractivity contribution in [1.29, 1.82) is 0 Å². The van der Waals surface area contributed by atoms with Crippen LogP contribution in [0.2, 0.25) is 0 Å². The third kappa shape index (κ3) is 2.72. The summed E-state index contributed by atoms with van der Waals surface area (Å²) < 4.78 is 0. The number of fused-ring (bicyclic) bond motifs is 7. The third-order valence-corrected chi connectivity index (χ3v) is 13.5. The van der Waals surface area contributed by atoms with Crippen molar-refractivity contribution in [3.63, 3.8) is 0 Å². The van der Waals surface area contributed by atoms with E-state index in [1.54, 1.807) is 0 Å². The summed E-state index contributed by atoms with van der Waals surface area (Å²) in [5, 5.41) is 46.8. The summed E-state index contributed by atoms with van der Waals surface area (Å²) in [6, 6.07) is 0. The first kappa shape index (κ1) is 25.1. The Morgan fingerprint density at radius 3 is 2.09 bits per heavy atom. The Morgan fingerprint density at radius 2 is 1.44 bits per heavy atom. The van der Waals surface area contributed by atoms with Gasteiger partial charge in [-0.25, -0.2) is 0 Å². The zero-order valence-corrected chi connectivity index (χ0v) is 22.9. The van der Waals surface area contributed by atoms with E-state index in [1.165, 1.54) is 0 Å². The molecule has 0 radical (unpaired) electrons. The first-order chi connectivity index (χ1) is 15.6. The maximum Gasteiger partial charge on any atom is 0.121 e. The molecule has 5 aliphatic rings. The molecule has 0 aromatic carbocycles. The standard InChI is InChI=1S/C30H50O4/c1-16-9-12-27(5)15-20(32)30(8)22(21(27)17(16)2)23(33)24(34)25-28(6)13-11-19(31)26(3,4)18(28)10-14-29(25,30)7/h16-21,24-25,31-34H,9-15H2,1-8H3. The topological polar surface area (TPSA) is 80.9 Å². The van der Waals surface area contributed by atoms with Crippen molar-refractivity contribution in [3.05, 3.63) is 11.3 Å². The van der Waals surface area contributed by atoms with Gasteiger partial charge in [-0.3, -0.25) is 0 Å². The summed E-state index contributed by atoms with van der Waals surface area (Å²) >= 11 is 0. The van der Waals surface area contributed by atoms with Crippen LogP contribution in [0.4, 0.5) is 0 Å². The Bertz CT molecular complexity index is 894. The molecule has 12 atom stereocenters. The van der Waals surface area contributed by atoms with Gasteiger partial charge in [-0.05, 0) is 95.9 Å². The van der Waals surface area contributed by atoms with E-state index in [1.807, 2.05) is 0 Å².